The summed E-state index contributed by atoms with van der Waals surface area (Å²) >= 11 is 0. The first-order chi connectivity index (χ1) is 13.6. The fourth-order valence-electron chi connectivity index (χ4n) is 2.80. The van der Waals surface area contributed by atoms with Gasteiger partial charge in [-0.25, -0.2) is 19.7 Å². The van der Waals surface area contributed by atoms with E-state index in [4.69, 9.17) is 14.6 Å². The zero-order valence-corrected chi connectivity index (χ0v) is 14.7. The summed E-state index contributed by atoms with van der Waals surface area (Å²) in [4.78, 5) is 26.0. The highest BCUT2D eigenvalue weighted by molar-refractivity contribution is 5.83. The van der Waals surface area contributed by atoms with Crippen molar-refractivity contribution in [1.82, 2.24) is 15.0 Å². The molecule has 28 heavy (non-hydrogen) atoms. The quantitative estimate of drug-likeness (QED) is 0.684. The molecule has 144 valence electrons. The number of halogens is 1. The third-order valence-corrected chi connectivity index (χ3v) is 4.19. The SMILES string of the molecule is O=C(O)N(F)c1ccc(Oc2ccnc3nc(N4CCOCC4)cnc23)cc1. The molecule has 10 heteroatoms. The Morgan fingerprint density at radius 3 is 2.64 bits per heavy atom. The van der Waals surface area contributed by atoms with Crippen molar-refractivity contribution in [3.8, 4) is 11.5 Å². The zero-order valence-electron chi connectivity index (χ0n) is 14.7. The third-order valence-electron chi connectivity index (χ3n) is 4.19. The molecule has 1 saturated heterocycles. The number of morpholine rings is 1. The molecule has 3 aromatic rings. The van der Waals surface area contributed by atoms with Crippen LogP contribution in [0.5, 0.6) is 11.5 Å². The molecule has 9 nitrogen and oxygen atoms in total. The summed E-state index contributed by atoms with van der Waals surface area (Å²) in [6.45, 7) is 2.77. The monoisotopic (exact) mass is 385 g/mol. The Bertz CT molecular complexity index is 995. The highest BCUT2D eigenvalue weighted by Gasteiger charge is 2.16. The van der Waals surface area contributed by atoms with Crippen LogP contribution in [0.3, 0.4) is 0 Å². The number of hydrogen-bond acceptors (Lipinski definition) is 7. The van der Waals surface area contributed by atoms with Crippen LogP contribution in [-0.2, 0) is 4.74 Å². The Hall–Kier alpha value is -3.53. The second kappa shape index (κ2) is 7.61. The van der Waals surface area contributed by atoms with Crippen LogP contribution in [0.1, 0.15) is 0 Å². The molecule has 0 saturated carbocycles. The number of nitrogens with zero attached hydrogens (tertiary/aromatic N) is 5. The van der Waals surface area contributed by atoms with E-state index in [2.05, 4.69) is 19.9 Å². The summed E-state index contributed by atoms with van der Waals surface area (Å²) in [5.74, 6) is 1.56. The van der Waals surface area contributed by atoms with E-state index in [1.165, 1.54) is 24.3 Å². The van der Waals surface area contributed by atoms with Crippen molar-refractivity contribution >= 4 is 28.8 Å². The van der Waals surface area contributed by atoms with Crippen LogP contribution in [-0.4, -0.2) is 52.5 Å². The molecule has 0 aliphatic carbocycles. The minimum Gasteiger partial charge on any atom is -0.463 e. The van der Waals surface area contributed by atoms with Crippen LogP contribution in [0.15, 0.2) is 42.7 Å². The molecule has 0 atom stereocenters. The predicted octanol–water partition coefficient (Wildman–Crippen LogP) is 3.02. The van der Waals surface area contributed by atoms with Crippen LogP contribution in [0, 0.1) is 0 Å². The van der Waals surface area contributed by atoms with Crippen LogP contribution < -0.4 is 14.8 Å². The Morgan fingerprint density at radius 2 is 1.93 bits per heavy atom. The molecule has 1 fully saturated rings. The number of hydrogen-bond donors (Lipinski definition) is 1. The van der Waals surface area contributed by atoms with Gasteiger partial charge in [-0.05, 0) is 24.3 Å². The van der Waals surface area contributed by atoms with Gasteiger partial charge in [0.05, 0.1) is 25.1 Å². The number of carboxylic acid groups (broad SMARTS) is 1. The number of pyridine rings is 1. The summed E-state index contributed by atoms with van der Waals surface area (Å²) in [7, 11) is 0. The topological polar surface area (TPSA) is 101 Å². The van der Waals surface area contributed by atoms with Gasteiger partial charge in [0.15, 0.2) is 16.9 Å². The van der Waals surface area contributed by atoms with E-state index in [0.717, 1.165) is 18.9 Å². The van der Waals surface area contributed by atoms with Crippen molar-refractivity contribution in [3.05, 3.63) is 42.7 Å². The molecule has 0 spiro atoms. The maximum Gasteiger partial charge on any atom is 0.440 e. The number of ether oxygens (including phenoxy) is 2. The molecule has 1 amide bonds. The molecule has 1 aliphatic rings. The molecule has 2 aromatic heterocycles. The lowest BCUT2D eigenvalue weighted by Crippen LogP contribution is -2.36. The Balaban J connectivity index is 1.57. The molecule has 3 heterocycles. The van der Waals surface area contributed by atoms with Gasteiger partial charge in [-0.1, -0.05) is 4.48 Å². The number of carbonyl (C=O) groups is 1. The van der Waals surface area contributed by atoms with Crippen LogP contribution >= 0.6 is 0 Å². The van der Waals surface area contributed by atoms with Crippen molar-refractivity contribution in [2.45, 2.75) is 0 Å². The standard InChI is InChI=1S/C18H16FN5O4/c19-24(18(25)26)12-1-3-13(4-2-12)28-14-5-6-20-17-16(14)21-11-15(22-17)23-7-9-27-10-8-23/h1-6,11H,7-10H2,(H,25,26). The van der Waals surface area contributed by atoms with Gasteiger partial charge in [0.2, 0.25) is 0 Å². The minimum absolute atomic E-state index is 0.116. The molecule has 0 unspecified atom stereocenters. The number of fused-ring (bicyclic) bond motifs is 1. The van der Waals surface area contributed by atoms with Crippen molar-refractivity contribution in [2.75, 3.05) is 36.3 Å². The predicted molar refractivity (Wildman–Crippen MR) is 98.5 cm³/mol. The normalized spacial score (nSPS) is 14.1. The van der Waals surface area contributed by atoms with Crippen LogP contribution in [0.25, 0.3) is 11.2 Å². The number of amides is 1. The Morgan fingerprint density at radius 1 is 1.18 bits per heavy atom. The smallest absolute Gasteiger partial charge is 0.440 e. The highest BCUT2D eigenvalue weighted by atomic mass is 19.2. The van der Waals surface area contributed by atoms with Crippen molar-refractivity contribution in [1.29, 1.82) is 0 Å². The highest BCUT2D eigenvalue weighted by Crippen LogP contribution is 2.29. The first-order valence-corrected chi connectivity index (χ1v) is 8.53. The Labute approximate surface area is 158 Å². The van der Waals surface area contributed by atoms with E-state index < -0.39 is 6.09 Å². The van der Waals surface area contributed by atoms with Gasteiger partial charge in [-0.2, -0.15) is 0 Å². The molecular formula is C18H16FN5O4. The lowest BCUT2D eigenvalue weighted by molar-refractivity contribution is 0.122. The molecule has 0 bridgehead atoms. The van der Waals surface area contributed by atoms with Gasteiger partial charge < -0.3 is 19.5 Å². The Kier molecular flexibility index (Phi) is 4.85. The van der Waals surface area contributed by atoms with Gasteiger partial charge in [0.25, 0.3) is 0 Å². The number of anilines is 2. The molecule has 0 radical (unpaired) electrons. The van der Waals surface area contributed by atoms with Gasteiger partial charge in [-0.3, -0.25) is 0 Å². The van der Waals surface area contributed by atoms with Gasteiger partial charge in [0.1, 0.15) is 11.6 Å². The fourth-order valence-corrected chi connectivity index (χ4v) is 2.80. The van der Waals surface area contributed by atoms with E-state index in [1.54, 1.807) is 18.5 Å². The lowest BCUT2D eigenvalue weighted by Gasteiger charge is -2.27. The maximum atomic E-state index is 13.4. The minimum atomic E-state index is -1.69. The van der Waals surface area contributed by atoms with Gasteiger partial charge in [0, 0.05) is 25.4 Å². The first kappa shape index (κ1) is 17.9. The van der Waals surface area contributed by atoms with Crippen molar-refractivity contribution in [2.24, 2.45) is 0 Å². The average Bonchev–Trinajstić information content (AvgIpc) is 2.74. The van der Waals surface area contributed by atoms with Crippen molar-refractivity contribution in [3.63, 3.8) is 0 Å². The lowest BCUT2D eigenvalue weighted by atomic mass is 10.3. The van der Waals surface area contributed by atoms with E-state index in [0.29, 0.717) is 35.9 Å². The molecule has 4 rings (SSSR count). The number of rotatable bonds is 4. The van der Waals surface area contributed by atoms with E-state index in [-0.39, 0.29) is 10.8 Å². The average molecular weight is 385 g/mol. The molecular weight excluding hydrogens is 369 g/mol. The summed E-state index contributed by atoms with van der Waals surface area (Å²) in [5, 5.41) is 8.29. The van der Waals surface area contributed by atoms with E-state index >= 15 is 0 Å². The molecule has 1 aliphatic heterocycles. The van der Waals surface area contributed by atoms with E-state index in [9.17, 15) is 9.28 Å². The molecule has 1 aromatic carbocycles. The third kappa shape index (κ3) is 3.62. The van der Waals surface area contributed by atoms with E-state index in [1.807, 2.05) is 0 Å². The van der Waals surface area contributed by atoms with Crippen LogP contribution in [0.4, 0.5) is 20.8 Å². The summed E-state index contributed by atoms with van der Waals surface area (Å²) < 4.78 is 24.5. The summed E-state index contributed by atoms with van der Waals surface area (Å²) in [6, 6.07) is 7.18. The number of aromatic nitrogens is 3. The fraction of sp³-hybridized carbons (Fsp3) is 0.222. The largest absolute Gasteiger partial charge is 0.463 e. The second-order valence-corrected chi connectivity index (χ2v) is 5.97. The zero-order chi connectivity index (χ0) is 19.5. The van der Waals surface area contributed by atoms with Gasteiger partial charge >= 0.3 is 6.09 Å². The summed E-state index contributed by atoms with van der Waals surface area (Å²) in [5.41, 5.74) is 0.814. The van der Waals surface area contributed by atoms with Crippen molar-refractivity contribution < 1.29 is 23.9 Å². The van der Waals surface area contributed by atoms with Crippen LogP contribution in [0.2, 0.25) is 0 Å². The first-order valence-electron chi connectivity index (χ1n) is 8.53. The summed E-state index contributed by atoms with van der Waals surface area (Å²) in [6.07, 6.45) is 1.54. The number of benzene rings is 1. The second-order valence-electron chi connectivity index (χ2n) is 5.97. The maximum absolute atomic E-state index is 13.4. The van der Waals surface area contributed by atoms with Gasteiger partial charge in [-0.15, -0.1) is 5.12 Å². The molecule has 1 N–H and O–H groups in total.